The maximum Gasteiger partial charge on any atom is 0.255 e. The molecule has 4 nitrogen and oxygen atoms in total. The average Bonchev–Trinajstić information content (AvgIpc) is 2.70. The van der Waals surface area contributed by atoms with E-state index in [2.05, 4.69) is 12.2 Å². The van der Waals surface area contributed by atoms with Crippen molar-refractivity contribution in [2.24, 2.45) is 5.92 Å². The van der Waals surface area contributed by atoms with E-state index < -0.39 is 5.54 Å². The summed E-state index contributed by atoms with van der Waals surface area (Å²) >= 11 is 0. The summed E-state index contributed by atoms with van der Waals surface area (Å²) in [6.07, 6.45) is 10.6. The fraction of sp³-hybridized carbons (Fsp3) is 0.667. The molecule has 1 N–H and O–H groups in total. The van der Waals surface area contributed by atoms with E-state index in [4.69, 9.17) is 0 Å². The molecule has 1 aliphatic heterocycles. The van der Waals surface area contributed by atoms with Crippen molar-refractivity contribution in [3.05, 3.63) is 35.4 Å². The number of carbonyl (C=O) groups excluding carboxylic acids is 2. The first-order valence-corrected chi connectivity index (χ1v) is 11.2. The molecule has 0 spiro atoms. The summed E-state index contributed by atoms with van der Waals surface area (Å²) in [5.74, 6) is 0.842. The minimum Gasteiger partial charge on any atom is -0.351 e. The molecule has 4 heteroatoms. The van der Waals surface area contributed by atoms with Gasteiger partial charge in [-0.3, -0.25) is 9.59 Å². The highest BCUT2D eigenvalue weighted by Gasteiger charge is 2.49. The minimum absolute atomic E-state index is 0.0421. The van der Waals surface area contributed by atoms with Crippen molar-refractivity contribution < 1.29 is 9.59 Å². The highest BCUT2D eigenvalue weighted by Crippen LogP contribution is 2.37. The molecule has 1 aromatic carbocycles. The van der Waals surface area contributed by atoms with E-state index in [1.165, 1.54) is 19.3 Å². The van der Waals surface area contributed by atoms with Gasteiger partial charge < -0.3 is 10.2 Å². The van der Waals surface area contributed by atoms with Gasteiger partial charge in [0.05, 0.1) is 0 Å². The van der Waals surface area contributed by atoms with Gasteiger partial charge in [0, 0.05) is 24.1 Å². The average molecular weight is 383 g/mol. The third-order valence-corrected chi connectivity index (χ3v) is 7.31. The van der Waals surface area contributed by atoms with Crippen LogP contribution < -0.4 is 5.32 Å². The van der Waals surface area contributed by atoms with Crippen molar-refractivity contribution in [3.63, 3.8) is 0 Å². The Morgan fingerprint density at radius 1 is 1.04 bits per heavy atom. The standard InChI is InChI=1S/C24H34N2O2/c1-17-12-14-19(15-13-17)25-23(28)24(2)16-18-8-6-7-11-21(18)22(27)26(24)20-9-4-3-5-10-20/h6-8,11,17,19-20H,3-5,9-10,12-16H2,1-2H3,(H,25,28). The summed E-state index contributed by atoms with van der Waals surface area (Å²) in [5, 5.41) is 3.34. The Hall–Kier alpha value is -1.84. The molecule has 2 saturated carbocycles. The van der Waals surface area contributed by atoms with Crippen molar-refractivity contribution in [1.82, 2.24) is 10.2 Å². The van der Waals surface area contributed by atoms with Crippen LogP contribution in [0.5, 0.6) is 0 Å². The van der Waals surface area contributed by atoms with Crippen LogP contribution in [-0.4, -0.2) is 34.3 Å². The van der Waals surface area contributed by atoms with Crippen LogP contribution in [0.25, 0.3) is 0 Å². The van der Waals surface area contributed by atoms with Crippen molar-refractivity contribution >= 4 is 11.8 Å². The van der Waals surface area contributed by atoms with Crippen molar-refractivity contribution in [2.75, 3.05) is 0 Å². The molecule has 28 heavy (non-hydrogen) atoms. The topological polar surface area (TPSA) is 49.4 Å². The highest BCUT2D eigenvalue weighted by molar-refractivity contribution is 6.02. The lowest BCUT2D eigenvalue weighted by atomic mass is 9.79. The Morgan fingerprint density at radius 3 is 2.43 bits per heavy atom. The van der Waals surface area contributed by atoms with E-state index in [9.17, 15) is 9.59 Å². The van der Waals surface area contributed by atoms with E-state index in [1.807, 2.05) is 36.1 Å². The van der Waals surface area contributed by atoms with Gasteiger partial charge >= 0.3 is 0 Å². The normalized spacial score (nSPS) is 31.4. The number of nitrogens with zero attached hydrogens (tertiary/aromatic N) is 1. The van der Waals surface area contributed by atoms with Gasteiger partial charge in [-0.1, -0.05) is 44.4 Å². The highest BCUT2D eigenvalue weighted by atomic mass is 16.2. The predicted molar refractivity (Wildman–Crippen MR) is 111 cm³/mol. The zero-order valence-corrected chi connectivity index (χ0v) is 17.4. The summed E-state index contributed by atoms with van der Waals surface area (Å²) in [6.45, 7) is 4.29. The summed E-state index contributed by atoms with van der Waals surface area (Å²) in [7, 11) is 0. The van der Waals surface area contributed by atoms with Gasteiger partial charge in [-0.15, -0.1) is 0 Å². The van der Waals surface area contributed by atoms with Crippen LogP contribution in [-0.2, 0) is 11.2 Å². The molecule has 0 radical (unpaired) electrons. The second-order valence-electron chi connectivity index (χ2n) is 9.51. The van der Waals surface area contributed by atoms with Crippen LogP contribution in [0.4, 0.5) is 0 Å². The number of rotatable bonds is 3. The quantitative estimate of drug-likeness (QED) is 0.838. The monoisotopic (exact) mass is 382 g/mol. The maximum absolute atomic E-state index is 13.6. The molecule has 1 unspecified atom stereocenters. The van der Waals surface area contributed by atoms with Crippen LogP contribution in [0.2, 0.25) is 0 Å². The van der Waals surface area contributed by atoms with Gasteiger partial charge in [-0.2, -0.15) is 0 Å². The largest absolute Gasteiger partial charge is 0.351 e. The lowest BCUT2D eigenvalue weighted by Crippen LogP contribution is -2.66. The van der Waals surface area contributed by atoms with Gasteiger partial charge in [0.25, 0.3) is 5.91 Å². The molecule has 1 atom stereocenters. The van der Waals surface area contributed by atoms with E-state index in [0.29, 0.717) is 6.42 Å². The molecular formula is C24H34N2O2. The summed E-state index contributed by atoms with van der Waals surface area (Å²) in [6, 6.07) is 8.27. The van der Waals surface area contributed by atoms with Gasteiger partial charge in [0.1, 0.15) is 5.54 Å². The molecule has 0 aromatic heterocycles. The molecule has 0 saturated heterocycles. The number of hydrogen-bond donors (Lipinski definition) is 1. The van der Waals surface area contributed by atoms with E-state index in [0.717, 1.165) is 55.6 Å². The second kappa shape index (κ2) is 7.88. The minimum atomic E-state index is -0.795. The van der Waals surface area contributed by atoms with Gasteiger partial charge in [-0.25, -0.2) is 0 Å². The molecule has 2 aliphatic carbocycles. The zero-order chi connectivity index (χ0) is 19.7. The maximum atomic E-state index is 13.6. The van der Waals surface area contributed by atoms with Gasteiger partial charge in [0.15, 0.2) is 0 Å². The first kappa shape index (κ1) is 19.5. The fourth-order valence-electron chi connectivity index (χ4n) is 5.54. The number of nitrogens with one attached hydrogen (secondary N) is 1. The van der Waals surface area contributed by atoms with Gasteiger partial charge in [-0.05, 0) is 63.0 Å². The Kier molecular flexibility index (Phi) is 5.48. The van der Waals surface area contributed by atoms with Crippen molar-refractivity contribution in [2.45, 2.75) is 95.7 Å². The smallest absolute Gasteiger partial charge is 0.255 e. The summed E-state index contributed by atoms with van der Waals surface area (Å²) in [4.78, 5) is 29.1. The van der Waals surface area contributed by atoms with Crippen LogP contribution in [0.1, 0.15) is 87.6 Å². The Morgan fingerprint density at radius 2 is 1.71 bits per heavy atom. The van der Waals surface area contributed by atoms with Crippen LogP contribution in [0.15, 0.2) is 24.3 Å². The molecule has 1 heterocycles. The Bertz CT molecular complexity index is 732. The molecule has 2 amide bonds. The van der Waals surface area contributed by atoms with Crippen LogP contribution in [0.3, 0.4) is 0 Å². The van der Waals surface area contributed by atoms with Crippen LogP contribution in [0, 0.1) is 5.92 Å². The number of benzene rings is 1. The number of amides is 2. The van der Waals surface area contributed by atoms with E-state index in [-0.39, 0.29) is 23.9 Å². The number of carbonyl (C=O) groups is 2. The molecule has 0 bridgehead atoms. The third kappa shape index (κ3) is 3.58. The molecule has 4 rings (SSSR count). The van der Waals surface area contributed by atoms with Crippen molar-refractivity contribution in [1.29, 1.82) is 0 Å². The lowest BCUT2D eigenvalue weighted by molar-refractivity contribution is -0.134. The molecule has 2 fully saturated rings. The van der Waals surface area contributed by atoms with E-state index in [1.54, 1.807) is 0 Å². The molecular weight excluding hydrogens is 348 g/mol. The SMILES string of the molecule is CC1CCC(NC(=O)C2(C)Cc3ccccc3C(=O)N2C2CCCCC2)CC1. The summed E-state index contributed by atoms with van der Waals surface area (Å²) < 4.78 is 0. The first-order chi connectivity index (χ1) is 13.5. The van der Waals surface area contributed by atoms with Crippen molar-refractivity contribution in [3.8, 4) is 0 Å². The van der Waals surface area contributed by atoms with Crippen LogP contribution >= 0.6 is 0 Å². The fourth-order valence-corrected chi connectivity index (χ4v) is 5.54. The molecule has 3 aliphatic rings. The lowest BCUT2D eigenvalue weighted by Gasteiger charge is -2.49. The first-order valence-electron chi connectivity index (χ1n) is 11.2. The zero-order valence-electron chi connectivity index (χ0n) is 17.4. The third-order valence-electron chi connectivity index (χ3n) is 7.31. The summed E-state index contributed by atoms with van der Waals surface area (Å²) in [5.41, 5.74) is 0.996. The second-order valence-corrected chi connectivity index (χ2v) is 9.51. The molecule has 1 aromatic rings. The Balaban J connectivity index is 1.62. The van der Waals surface area contributed by atoms with Gasteiger partial charge in [0.2, 0.25) is 5.91 Å². The number of fused-ring (bicyclic) bond motifs is 1. The number of hydrogen-bond acceptors (Lipinski definition) is 2. The molecule has 152 valence electrons. The van der Waals surface area contributed by atoms with E-state index >= 15 is 0 Å². The Labute approximate surface area is 169 Å². The predicted octanol–water partition coefficient (Wildman–Crippen LogP) is 4.47.